The van der Waals surface area contributed by atoms with Crippen LogP contribution < -0.4 is 5.32 Å². The lowest BCUT2D eigenvalue weighted by molar-refractivity contribution is -0.151. The van der Waals surface area contributed by atoms with Crippen molar-refractivity contribution in [1.82, 2.24) is 5.32 Å². The van der Waals surface area contributed by atoms with Gasteiger partial charge in [0.15, 0.2) is 0 Å². The molecule has 0 aromatic heterocycles. The maximum absolute atomic E-state index is 11.1. The fraction of sp³-hybridized carbons (Fsp3) is 0.750. The van der Waals surface area contributed by atoms with Gasteiger partial charge in [-0.05, 0) is 6.42 Å². The Labute approximate surface area is 80.1 Å². The Kier molecular flexibility index (Phi) is 1.98. The van der Waals surface area contributed by atoms with Crippen LogP contribution in [-0.4, -0.2) is 34.5 Å². The van der Waals surface area contributed by atoms with Crippen LogP contribution in [0.3, 0.4) is 0 Å². The quantitative estimate of drug-likeness (QED) is 0.630. The van der Waals surface area contributed by atoms with Gasteiger partial charge in [0.05, 0.1) is 11.5 Å². The van der Waals surface area contributed by atoms with Crippen molar-refractivity contribution >= 4 is 23.6 Å². The van der Waals surface area contributed by atoms with Gasteiger partial charge in [0, 0.05) is 17.9 Å². The van der Waals surface area contributed by atoms with Crippen molar-refractivity contribution in [2.45, 2.75) is 18.9 Å². The minimum absolute atomic E-state index is 0.00984. The van der Waals surface area contributed by atoms with Crippen molar-refractivity contribution in [3.63, 3.8) is 0 Å². The van der Waals surface area contributed by atoms with E-state index in [1.54, 1.807) is 11.8 Å². The molecule has 4 nitrogen and oxygen atoms in total. The van der Waals surface area contributed by atoms with Gasteiger partial charge in [0.25, 0.3) is 0 Å². The van der Waals surface area contributed by atoms with Crippen LogP contribution in [0.25, 0.3) is 0 Å². The van der Waals surface area contributed by atoms with Crippen LogP contribution >= 0.6 is 11.8 Å². The molecule has 2 saturated heterocycles. The predicted octanol–water partition coefficient (Wildman–Crippen LogP) is 0.0828. The van der Waals surface area contributed by atoms with Crippen LogP contribution in [-0.2, 0) is 9.59 Å². The van der Waals surface area contributed by atoms with E-state index in [1.807, 2.05) is 0 Å². The molecule has 2 aliphatic heterocycles. The highest BCUT2D eigenvalue weighted by atomic mass is 32.2. The third kappa shape index (κ3) is 1.22. The SMILES string of the molecule is O=C1CCC2(C(=O)O)CSC[C@H]2N1. The van der Waals surface area contributed by atoms with Crippen molar-refractivity contribution in [1.29, 1.82) is 0 Å². The number of aliphatic carboxylic acids is 1. The summed E-state index contributed by atoms with van der Waals surface area (Å²) in [6.07, 6.45) is 0.842. The summed E-state index contributed by atoms with van der Waals surface area (Å²) >= 11 is 1.61. The Morgan fingerprint density at radius 1 is 1.69 bits per heavy atom. The van der Waals surface area contributed by atoms with Gasteiger partial charge in [-0.25, -0.2) is 0 Å². The van der Waals surface area contributed by atoms with Gasteiger partial charge in [-0.15, -0.1) is 0 Å². The Bertz CT molecular complexity index is 268. The largest absolute Gasteiger partial charge is 0.481 e. The molecule has 0 saturated carbocycles. The summed E-state index contributed by atoms with van der Waals surface area (Å²) < 4.78 is 0. The zero-order valence-corrected chi connectivity index (χ0v) is 7.89. The Hall–Kier alpha value is -0.710. The molecule has 1 unspecified atom stereocenters. The first-order valence-electron chi connectivity index (χ1n) is 4.26. The summed E-state index contributed by atoms with van der Waals surface area (Å²) in [5.74, 6) is 0.595. The monoisotopic (exact) mass is 201 g/mol. The Morgan fingerprint density at radius 3 is 3.15 bits per heavy atom. The van der Waals surface area contributed by atoms with E-state index in [0.29, 0.717) is 18.6 Å². The molecule has 0 aromatic rings. The maximum atomic E-state index is 11.1. The third-order valence-electron chi connectivity index (χ3n) is 2.87. The molecule has 0 aliphatic carbocycles. The lowest BCUT2D eigenvalue weighted by Crippen LogP contribution is -2.55. The van der Waals surface area contributed by atoms with E-state index in [-0.39, 0.29) is 11.9 Å². The lowest BCUT2D eigenvalue weighted by atomic mass is 9.76. The number of nitrogens with one attached hydrogen (secondary N) is 1. The predicted molar refractivity (Wildman–Crippen MR) is 48.6 cm³/mol. The third-order valence-corrected chi connectivity index (χ3v) is 4.16. The normalized spacial score (nSPS) is 38.2. The molecule has 0 bridgehead atoms. The van der Waals surface area contributed by atoms with Crippen molar-refractivity contribution in [2.24, 2.45) is 5.41 Å². The summed E-state index contributed by atoms with van der Waals surface area (Å²) in [7, 11) is 0. The zero-order chi connectivity index (χ0) is 9.47. The first-order valence-corrected chi connectivity index (χ1v) is 5.41. The molecule has 2 rings (SSSR count). The first kappa shape index (κ1) is 8.87. The van der Waals surface area contributed by atoms with E-state index in [0.717, 1.165) is 5.75 Å². The van der Waals surface area contributed by atoms with E-state index in [9.17, 15) is 9.59 Å². The first-order chi connectivity index (χ1) is 6.15. The highest BCUT2D eigenvalue weighted by Crippen LogP contribution is 2.42. The van der Waals surface area contributed by atoms with E-state index >= 15 is 0 Å². The van der Waals surface area contributed by atoms with Gasteiger partial charge in [0.2, 0.25) is 5.91 Å². The Balaban J connectivity index is 2.25. The number of piperidine rings is 1. The van der Waals surface area contributed by atoms with Gasteiger partial charge >= 0.3 is 5.97 Å². The minimum atomic E-state index is -0.762. The van der Waals surface area contributed by atoms with Crippen LogP contribution in [0.15, 0.2) is 0 Å². The summed E-state index contributed by atoms with van der Waals surface area (Å²) in [5, 5.41) is 11.9. The van der Waals surface area contributed by atoms with E-state index in [2.05, 4.69) is 5.32 Å². The van der Waals surface area contributed by atoms with Crippen molar-refractivity contribution in [3.8, 4) is 0 Å². The number of rotatable bonds is 1. The molecule has 5 heteroatoms. The second kappa shape index (κ2) is 2.90. The molecule has 2 heterocycles. The standard InChI is InChI=1S/C8H11NO3S/c10-6-1-2-8(7(11)12)4-13-3-5(8)9-6/h5H,1-4H2,(H,9,10)(H,11,12)/t5-,8?/m1/s1. The van der Waals surface area contributed by atoms with Gasteiger partial charge in [-0.2, -0.15) is 11.8 Å². The smallest absolute Gasteiger partial charge is 0.312 e. The number of thioether (sulfide) groups is 1. The molecule has 1 amide bonds. The highest BCUT2D eigenvalue weighted by molar-refractivity contribution is 7.99. The molecule has 2 aliphatic rings. The van der Waals surface area contributed by atoms with Gasteiger partial charge in [-0.1, -0.05) is 0 Å². The number of hydrogen-bond acceptors (Lipinski definition) is 3. The van der Waals surface area contributed by atoms with Gasteiger partial charge < -0.3 is 10.4 Å². The number of carbonyl (C=O) groups is 2. The van der Waals surface area contributed by atoms with Crippen molar-refractivity contribution in [3.05, 3.63) is 0 Å². The fourth-order valence-corrected chi connectivity index (χ4v) is 3.56. The zero-order valence-electron chi connectivity index (χ0n) is 7.08. The molecular weight excluding hydrogens is 190 g/mol. The van der Waals surface area contributed by atoms with E-state index in [4.69, 9.17) is 5.11 Å². The highest BCUT2D eigenvalue weighted by Gasteiger charge is 2.52. The molecular formula is C8H11NO3S. The molecule has 72 valence electrons. The molecule has 0 radical (unpaired) electrons. The molecule has 2 N–H and O–H groups in total. The number of fused-ring (bicyclic) bond motifs is 1. The molecule has 2 atom stereocenters. The lowest BCUT2D eigenvalue weighted by Gasteiger charge is -2.34. The summed E-state index contributed by atoms with van der Waals surface area (Å²) in [4.78, 5) is 22.2. The van der Waals surface area contributed by atoms with Crippen molar-refractivity contribution < 1.29 is 14.7 Å². The van der Waals surface area contributed by atoms with Crippen LogP contribution in [0.5, 0.6) is 0 Å². The number of amides is 1. The molecule has 13 heavy (non-hydrogen) atoms. The van der Waals surface area contributed by atoms with E-state index in [1.165, 1.54) is 0 Å². The van der Waals surface area contributed by atoms with E-state index < -0.39 is 11.4 Å². The van der Waals surface area contributed by atoms with Crippen LogP contribution in [0.2, 0.25) is 0 Å². The molecule has 0 aromatic carbocycles. The topological polar surface area (TPSA) is 66.4 Å². The van der Waals surface area contributed by atoms with Crippen molar-refractivity contribution in [2.75, 3.05) is 11.5 Å². The second-order valence-electron chi connectivity index (χ2n) is 3.60. The second-order valence-corrected chi connectivity index (χ2v) is 4.63. The van der Waals surface area contributed by atoms with Gasteiger partial charge in [0.1, 0.15) is 0 Å². The number of carboxylic acids is 1. The summed E-state index contributed by atoms with van der Waals surface area (Å²) in [6, 6.07) is -0.156. The van der Waals surface area contributed by atoms with Gasteiger partial charge in [-0.3, -0.25) is 9.59 Å². The number of hydrogen-bond donors (Lipinski definition) is 2. The number of carboxylic acid groups (broad SMARTS) is 1. The maximum Gasteiger partial charge on any atom is 0.312 e. The number of carbonyl (C=O) groups excluding carboxylic acids is 1. The van der Waals surface area contributed by atoms with Crippen LogP contribution in [0.1, 0.15) is 12.8 Å². The van der Waals surface area contributed by atoms with Crippen LogP contribution in [0, 0.1) is 5.41 Å². The Morgan fingerprint density at radius 2 is 2.46 bits per heavy atom. The van der Waals surface area contributed by atoms with Crippen LogP contribution in [0.4, 0.5) is 0 Å². The summed E-state index contributed by atoms with van der Waals surface area (Å²) in [5.41, 5.74) is -0.682. The average molecular weight is 201 g/mol. The average Bonchev–Trinajstić information content (AvgIpc) is 2.48. The molecule has 2 fully saturated rings. The minimum Gasteiger partial charge on any atom is -0.481 e. The summed E-state index contributed by atoms with van der Waals surface area (Å²) in [6.45, 7) is 0. The molecule has 0 spiro atoms. The fourth-order valence-electron chi connectivity index (χ4n) is 1.97.